The van der Waals surface area contributed by atoms with E-state index in [-0.39, 0.29) is 4.90 Å². The van der Waals surface area contributed by atoms with E-state index >= 15 is 0 Å². The Kier molecular flexibility index (Phi) is 3.97. The lowest BCUT2D eigenvalue weighted by molar-refractivity contribution is 0.450. The van der Waals surface area contributed by atoms with Gasteiger partial charge in [-0.3, -0.25) is 4.98 Å². The van der Waals surface area contributed by atoms with Gasteiger partial charge in [-0.1, -0.05) is 32.1 Å². The zero-order chi connectivity index (χ0) is 14.9. The average Bonchev–Trinajstić information content (AvgIpc) is 2.40. The Hall–Kier alpha value is -1.43. The molecule has 1 aliphatic carbocycles. The molecule has 114 valence electrons. The molecule has 0 spiro atoms. The van der Waals surface area contributed by atoms with Crippen molar-refractivity contribution in [3.63, 3.8) is 0 Å². The molecule has 1 fully saturated rings. The van der Waals surface area contributed by atoms with Crippen molar-refractivity contribution in [1.82, 2.24) is 4.98 Å². The lowest BCUT2D eigenvalue weighted by Crippen LogP contribution is -2.42. The Balaban J connectivity index is 2.01. The summed E-state index contributed by atoms with van der Waals surface area (Å²) in [6.45, 7) is 1.79. The van der Waals surface area contributed by atoms with Crippen LogP contribution in [0.4, 0.5) is 5.69 Å². The number of rotatable bonds is 1. The maximum atomic E-state index is 12.2. The number of nitrogens with zero attached hydrogens (tertiary/aromatic N) is 3. The zero-order valence-corrected chi connectivity index (χ0v) is 13.1. The number of hydrogen-bond donors (Lipinski definition) is 0. The molecule has 0 radical (unpaired) electrons. The summed E-state index contributed by atoms with van der Waals surface area (Å²) in [6, 6.07) is 2.13. The molecule has 21 heavy (non-hydrogen) atoms. The summed E-state index contributed by atoms with van der Waals surface area (Å²) in [5.74, 6) is 0.583. The van der Waals surface area contributed by atoms with Crippen LogP contribution in [0.3, 0.4) is 0 Å². The molecule has 1 aromatic heterocycles. The van der Waals surface area contributed by atoms with Crippen molar-refractivity contribution in [1.29, 1.82) is 0 Å². The summed E-state index contributed by atoms with van der Waals surface area (Å²) in [5, 5.41) is 0. The van der Waals surface area contributed by atoms with E-state index < -0.39 is 10.0 Å². The lowest BCUT2D eigenvalue weighted by atomic mass is 9.95. The molecule has 0 atom stereocenters. The Bertz CT molecular complexity index is 647. The van der Waals surface area contributed by atoms with Crippen LogP contribution in [0.25, 0.3) is 0 Å². The maximum Gasteiger partial charge on any atom is 0.287 e. The molecule has 0 bridgehead atoms. The first-order valence-corrected chi connectivity index (χ1v) is 9.08. The highest BCUT2D eigenvalue weighted by Gasteiger charge is 2.32. The topological polar surface area (TPSA) is 62.6 Å². The van der Waals surface area contributed by atoms with Crippen molar-refractivity contribution in [3.8, 4) is 0 Å². The van der Waals surface area contributed by atoms with E-state index in [2.05, 4.69) is 14.3 Å². The second-order valence-electron chi connectivity index (χ2n) is 5.83. The van der Waals surface area contributed by atoms with Gasteiger partial charge in [-0.25, -0.2) is 0 Å². The number of fused-ring (bicyclic) bond motifs is 1. The van der Waals surface area contributed by atoms with E-state index in [1.54, 1.807) is 19.2 Å². The number of anilines is 1. The average molecular weight is 307 g/mol. The van der Waals surface area contributed by atoms with Crippen LogP contribution in [0, 0.1) is 0 Å². The normalized spacial score (nSPS) is 22.9. The molecule has 0 N–H and O–H groups in total. The third-order valence-electron chi connectivity index (χ3n) is 4.34. The van der Waals surface area contributed by atoms with E-state index in [1.165, 1.54) is 38.3 Å². The van der Waals surface area contributed by atoms with E-state index in [0.717, 1.165) is 18.5 Å². The van der Waals surface area contributed by atoms with Gasteiger partial charge in [0, 0.05) is 18.4 Å². The largest absolute Gasteiger partial charge is 0.325 e. The van der Waals surface area contributed by atoms with E-state index in [0.29, 0.717) is 11.9 Å². The van der Waals surface area contributed by atoms with Crippen LogP contribution in [0.15, 0.2) is 27.8 Å². The monoisotopic (exact) mass is 307 g/mol. The highest BCUT2D eigenvalue weighted by molar-refractivity contribution is 7.90. The molecule has 0 unspecified atom stereocenters. The van der Waals surface area contributed by atoms with Crippen LogP contribution in [0.5, 0.6) is 0 Å². The molecule has 6 heteroatoms. The molecule has 2 heterocycles. The van der Waals surface area contributed by atoms with Crippen molar-refractivity contribution in [3.05, 3.63) is 18.5 Å². The van der Waals surface area contributed by atoms with E-state index in [1.807, 2.05) is 0 Å². The van der Waals surface area contributed by atoms with Gasteiger partial charge < -0.3 is 4.90 Å². The fourth-order valence-corrected chi connectivity index (χ4v) is 4.52. The molecular weight excluding hydrogens is 286 g/mol. The number of hydrogen-bond acceptors (Lipinski definition) is 4. The third kappa shape index (κ3) is 2.81. The third-order valence-corrected chi connectivity index (χ3v) is 5.72. The molecule has 1 aromatic rings. The molecule has 1 saturated carbocycles. The fraction of sp³-hybridized carbons (Fsp3) is 0.600. The predicted molar refractivity (Wildman–Crippen MR) is 83.1 cm³/mol. The maximum absolute atomic E-state index is 12.2. The summed E-state index contributed by atoms with van der Waals surface area (Å²) in [5.41, 5.74) is 0.739. The molecular formula is C15H21N3O2S. The summed E-state index contributed by atoms with van der Waals surface area (Å²) in [6.07, 6.45) is 11.5. The summed E-state index contributed by atoms with van der Waals surface area (Å²) in [4.78, 5) is 6.31. The smallest absolute Gasteiger partial charge is 0.287 e. The van der Waals surface area contributed by atoms with Crippen molar-refractivity contribution >= 4 is 21.5 Å². The van der Waals surface area contributed by atoms with Crippen molar-refractivity contribution in [2.75, 3.05) is 4.90 Å². The Morgan fingerprint density at radius 1 is 1.14 bits per heavy atom. The van der Waals surface area contributed by atoms with Gasteiger partial charge in [0.2, 0.25) is 0 Å². The van der Waals surface area contributed by atoms with Crippen LogP contribution in [0.2, 0.25) is 0 Å². The molecule has 0 saturated heterocycles. The van der Waals surface area contributed by atoms with Crippen molar-refractivity contribution < 1.29 is 8.42 Å². The zero-order valence-electron chi connectivity index (χ0n) is 12.3. The summed E-state index contributed by atoms with van der Waals surface area (Å²) in [7, 11) is -3.60. The summed E-state index contributed by atoms with van der Waals surface area (Å²) >= 11 is 0. The Morgan fingerprint density at radius 2 is 1.81 bits per heavy atom. The minimum Gasteiger partial charge on any atom is -0.325 e. The molecule has 0 amide bonds. The fourth-order valence-electron chi connectivity index (χ4n) is 3.37. The lowest BCUT2D eigenvalue weighted by Gasteiger charge is -2.37. The first-order valence-electron chi connectivity index (χ1n) is 7.64. The number of aromatic nitrogens is 1. The standard InChI is InChI=1S/C15H21N3O2S/c1-12-17-21(19,20)15-11-16-10-9-14(15)18(12)13-7-5-3-2-4-6-8-13/h9-11,13H,2-8H2,1H3. The van der Waals surface area contributed by atoms with Gasteiger partial charge in [-0.05, 0) is 25.8 Å². The number of sulfonamides is 1. The van der Waals surface area contributed by atoms with Gasteiger partial charge in [-0.2, -0.15) is 8.42 Å². The van der Waals surface area contributed by atoms with E-state index in [9.17, 15) is 8.42 Å². The quantitative estimate of drug-likeness (QED) is 0.799. The molecule has 5 nitrogen and oxygen atoms in total. The van der Waals surface area contributed by atoms with Crippen molar-refractivity contribution in [2.45, 2.75) is 62.8 Å². The molecule has 0 aromatic carbocycles. The van der Waals surface area contributed by atoms with Crippen LogP contribution in [-0.4, -0.2) is 25.3 Å². The molecule has 2 aliphatic rings. The van der Waals surface area contributed by atoms with Crippen molar-refractivity contribution in [2.24, 2.45) is 4.40 Å². The first-order chi connectivity index (χ1) is 10.1. The van der Waals surface area contributed by atoms with Crippen LogP contribution in [-0.2, 0) is 10.0 Å². The molecule has 1 aliphatic heterocycles. The van der Waals surface area contributed by atoms with Gasteiger partial charge in [-0.15, -0.1) is 4.40 Å². The Labute approximate surface area is 126 Å². The van der Waals surface area contributed by atoms with E-state index in [4.69, 9.17) is 0 Å². The van der Waals surface area contributed by atoms with Crippen LogP contribution >= 0.6 is 0 Å². The SMILES string of the molecule is CC1=NS(=O)(=O)c2cnccc2N1C1CCCCCCC1. The van der Waals surface area contributed by atoms with Gasteiger partial charge in [0.1, 0.15) is 10.7 Å². The Morgan fingerprint density at radius 3 is 2.52 bits per heavy atom. The van der Waals surface area contributed by atoms with Gasteiger partial charge >= 0.3 is 0 Å². The predicted octanol–water partition coefficient (Wildman–Crippen LogP) is 3.12. The number of pyridine rings is 1. The van der Waals surface area contributed by atoms with Crippen LogP contribution in [0.1, 0.15) is 51.9 Å². The second kappa shape index (κ2) is 5.75. The highest BCUT2D eigenvalue weighted by atomic mass is 32.2. The number of amidine groups is 1. The summed E-state index contributed by atoms with van der Waals surface area (Å²) < 4.78 is 28.3. The van der Waals surface area contributed by atoms with Gasteiger partial charge in [0.05, 0.1) is 5.69 Å². The van der Waals surface area contributed by atoms with Crippen LogP contribution < -0.4 is 4.90 Å². The minimum absolute atomic E-state index is 0.234. The van der Waals surface area contributed by atoms with Gasteiger partial charge in [0.15, 0.2) is 0 Å². The second-order valence-corrected chi connectivity index (χ2v) is 7.40. The minimum atomic E-state index is -3.60. The first kappa shape index (κ1) is 14.5. The highest BCUT2D eigenvalue weighted by Crippen LogP contribution is 2.35. The van der Waals surface area contributed by atoms with Gasteiger partial charge in [0.25, 0.3) is 10.0 Å². The molecule has 3 rings (SSSR count).